The molecule has 0 atom stereocenters. The first kappa shape index (κ1) is 21.1. The van der Waals surface area contributed by atoms with Crippen LogP contribution in [0.15, 0.2) is 77.7 Å². The highest BCUT2D eigenvalue weighted by Gasteiger charge is 2.33. The van der Waals surface area contributed by atoms with Gasteiger partial charge in [0.2, 0.25) is 0 Å². The number of hydrogen-bond donors (Lipinski definition) is 0. The molecule has 0 radical (unpaired) electrons. The zero-order chi connectivity index (χ0) is 22.4. The van der Waals surface area contributed by atoms with E-state index in [-0.39, 0.29) is 21.7 Å². The number of alkyl halides is 3. The normalized spacial score (nSPS) is 12.3. The summed E-state index contributed by atoms with van der Waals surface area (Å²) in [6.45, 7) is 1.71. The summed E-state index contributed by atoms with van der Waals surface area (Å²) in [6, 6.07) is 19.4. The van der Waals surface area contributed by atoms with Crippen molar-refractivity contribution < 1.29 is 21.6 Å². The molecule has 158 valence electrons. The van der Waals surface area contributed by atoms with Gasteiger partial charge in [0.25, 0.3) is 0 Å². The summed E-state index contributed by atoms with van der Waals surface area (Å²) >= 11 is 0. The van der Waals surface area contributed by atoms with Gasteiger partial charge in [0.15, 0.2) is 9.84 Å². The summed E-state index contributed by atoms with van der Waals surface area (Å²) < 4.78 is 66.3. The highest BCUT2D eigenvalue weighted by Crippen LogP contribution is 2.39. The molecule has 0 aliphatic rings. The van der Waals surface area contributed by atoms with E-state index in [1.165, 1.54) is 6.07 Å². The van der Waals surface area contributed by atoms with Gasteiger partial charge >= 0.3 is 6.18 Å². The molecule has 7 heteroatoms. The average molecular weight is 441 g/mol. The predicted molar refractivity (Wildman–Crippen MR) is 115 cm³/mol. The largest absolute Gasteiger partial charge is 0.418 e. The molecule has 0 fully saturated rings. The fraction of sp³-hybridized carbons (Fsp3) is 0.125. The second-order valence-electron chi connectivity index (χ2n) is 7.35. The second kappa shape index (κ2) is 7.50. The number of aromatic nitrogens is 1. The van der Waals surface area contributed by atoms with Gasteiger partial charge in [-0.05, 0) is 30.2 Å². The van der Waals surface area contributed by atoms with Crippen LogP contribution in [-0.2, 0) is 16.0 Å². The van der Waals surface area contributed by atoms with Crippen molar-refractivity contribution in [1.29, 1.82) is 0 Å². The molecule has 0 N–H and O–H groups in total. The SMILES string of the molecule is Cc1cc2cccc(C(F)(F)F)c2nc1-c1cccc(-c2ccccc2)c1S(C)(=O)=O. The second-order valence-corrected chi connectivity index (χ2v) is 9.30. The van der Waals surface area contributed by atoms with Gasteiger partial charge in [-0.2, -0.15) is 13.2 Å². The maximum Gasteiger partial charge on any atom is 0.418 e. The Bertz CT molecular complexity index is 1400. The maximum absolute atomic E-state index is 13.6. The lowest BCUT2D eigenvalue weighted by atomic mass is 9.98. The standard InChI is InChI=1S/C24H18F3NO2S/c1-15-14-17-10-6-13-20(24(25,26)27)22(17)28-21(15)19-12-7-11-18(23(19)31(2,29)30)16-8-4-3-5-9-16/h3-14H,1-2H3. The van der Waals surface area contributed by atoms with Gasteiger partial charge in [0.1, 0.15) is 0 Å². The van der Waals surface area contributed by atoms with Crippen molar-refractivity contribution in [2.75, 3.05) is 6.26 Å². The summed E-state index contributed by atoms with van der Waals surface area (Å²) in [5, 5.41) is 0.344. The van der Waals surface area contributed by atoms with Crippen LogP contribution in [0.25, 0.3) is 33.3 Å². The minimum Gasteiger partial charge on any atom is -0.247 e. The fourth-order valence-electron chi connectivity index (χ4n) is 3.77. The van der Waals surface area contributed by atoms with Gasteiger partial charge in [-0.3, -0.25) is 0 Å². The smallest absolute Gasteiger partial charge is 0.247 e. The minimum atomic E-state index is -4.58. The van der Waals surface area contributed by atoms with Crippen LogP contribution in [0.2, 0.25) is 0 Å². The lowest BCUT2D eigenvalue weighted by molar-refractivity contribution is -0.136. The van der Waals surface area contributed by atoms with Gasteiger partial charge in [-0.15, -0.1) is 0 Å². The van der Waals surface area contributed by atoms with Gasteiger partial charge in [-0.1, -0.05) is 60.7 Å². The molecule has 0 aliphatic carbocycles. The summed E-state index contributed by atoms with van der Waals surface area (Å²) in [5.74, 6) is 0. The van der Waals surface area contributed by atoms with Crippen LogP contribution in [0.4, 0.5) is 13.2 Å². The average Bonchev–Trinajstić information content (AvgIpc) is 2.71. The molecule has 0 aliphatic heterocycles. The molecular formula is C24H18F3NO2S. The van der Waals surface area contributed by atoms with Gasteiger partial charge in [0.05, 0.1) is 21.7 Å². The van der Waals surface area contributed by atoms with Gasteiger partial charge < -0.3 is 0 Å². The first-order valence-corrected chi connectivity index (χ1v) is 11.3. The molecule has 3 aromatic carbocycles. The van der Waals surface area contributed by atoms with E-state index in [1.807, 2.05) is 6.07 Å². The summed E-state index contributed by atoms with van der Waals surface area (Å²) in [6.07, 6.45) is -3.49. The Balaban J connectivity index is 2.08. The summed E-state index contributed by atoms with van der Waals surface area (Å²) in [4.78, 5) is 4.38. The highest BCUT2D eigenvalue weighted by atomic mass is 32.2. The number of pyridine rings is 1. The number of nitrogens with zero attached hydrogens (tertiary/aromatic N) is 1. The Labute approximate surface area is 178 Å². The first-order valence-electron chi connectivity index (χ1n) is 9.44. The predicted octanol–water partition coefficient (Wildman–Crippen LogP) is 6.30. The number of halogens is 3. The van der Waals surface area contributed by atoms with E-state index in [0.717, 1.165) is 12.3 Å². The molecule has 0 amide bonds. The van der Waals surface area contributed by atoms with Crippen molar-refractivity contribution in [2.24, 2.45) is 0 Å². The molecule has 31 heavy (non-hydrogen) atoms. The minimum absolute atomic E-state index is 0.0423. The molecule has 0 bridgehead atoms. The Kier molecular flexibility index (Phi) is 5.09. The summed E-state index contributed by atoms with van der Waals surface area (Å²) in [5.41, 5.74) is 1.18. The number of sulfone groups is 1. The molecular weight excluding hydrogens is 423 g/mol. The van der Waals surface area contributed by atoms with Crippen molar-refractivity contribution in [1.82, 2.24) is 4.98 Å². The maximum atomic E-state index is 13.6. The molecule has 4 rings (SSSR count). The van der Waals surface area contributed by atoms with Crippen LogP contribution in [0.1, 0.15) is 11.1 Å². The van der Waals surface area contributed by atoms with Crippen LogP contribution < -0.4 is 0 Å². The Morgan fingerprint density at radius 3 is 2.13 bits per heavy atom. The van der Waals surface area contributed by atoms with E-state index >= 15 is 0 Å². The highest BCUT2D eigenvalue weighted by molar-refractivity contribution is 7.91. The molecule has 4 aromatic rings. The van der Waals surface area contributed by atoms with Crippen molar-refractivity contribution in [3.8, 4) is 22.4 Å². The molecule has 0 saturated carbocycles. The van der Waals surface area contributed by atoms with E-state index in [9.17, 15) is 21.6 Å². The molecule has 0 unspecified atom stereocenters. The quantitative estimate of drug-likeness (QED) is 0.375. The number of rotatable bonds is 3. The number of aryl methyl sites for hydroxylation is 1. The third-order valence-corrected chi connectivity index (χ3v) is 6.25. The Hall–Kier alpha value is -3.19. The third kappa shape index (κ3) is 3.93. The van der Waals surface area contributed by atoms with Gasteiger partial charge in [-0.25, -0.2) is 13.4 Å². The van der Waals surface area contributed by atoms with E-state index in [1.54, 1.807) is 61.5 Å². The van der Waals surface area contributed by atoms with E-state index < -0.39 is 21.6 Å². The van der Waals surface area contributed by atoms with E-state index in [2.05, 4.69) is 4.98 Å². The van der Waals surface area contributed by atoms with Crippen molar-refractivity contribution in [2.45, 2.75) is 18.0 Å². The van der Waals surface area contributed by atoms with Crippen molar-refractivity contribution in [3.05, 3.63) is 83.9 Å². The zero-order valence-electron chi connectivity index (χ0n) is 16.7. The van der Waals surface area contributed by atoms with Crippen LogP contribution in [0.3, 0.4) is 0 Å². The monoisotopic (exact) mass is 441 g/mol. The lowest BCUT2D eigenvalue weighted by Gasteiger charge is -2.17. The Morgan fingerprint density at radius 2 is 1.48 bits per heavy atom. The van der Waals surface area contributed by atoms with Crippen LogP contribution in [-0.4, -0.2) is 19.7 Å². The van der Waals surface area contributed by atoms with Crippen LogP contribution in [0.5, 0.6) is 0 Å². The molecule has 1 aromatic heterocycles. The number of benzene rings is 3. The van der Waals surface area contributed by atoms with Crippen molar-refractivity contribution in [3.63, 3.8) is 0 Å². The molecule has 1 heterocycles. The summed E-state index contributed by atoms with van der Waals surface area (Å²) in [7, 11) is -3.73. The Morgan fingerprint density at radius 1 is 0.839 bits per heavy atom. The van der Waals surface area contributed by atoms with Gasteiger partial charge in [0, 0.05) is 22.8 Å². The lowest BCUT2D eigenvalue weighted by Crippen LogP contribution is -2.08. The first-order chi connectivity index (χ1) is 14.6. The fourth-order valence-corrected chi connectivity index (χ4v) is 4.92. The van der Waals surface area contributed by atoms with E-state index in [4.69, 9.17) is 0 Å². The third-order valence-electron chi connectivity index (χ3n) is 5.07. The molecule has 3 nitrogen and oxygen atoms in total. The van der Waals surface area contributed by atoms with Crippen LogP contribution in [0, 0.1) is 6.92 Å². The molecule has 0 spiro atoms. The van der Waals surface area contributed by atoms with E-state index in [0.29, 0.717) is 22.1 Å². The topological polar surface area (TPSA) is 47.0 Å². The van der Waals surface area contributed by atoms with Crippen molar-refractivity contribution >= 4 is 20.7 Å². The number of hydrogen-bond acceptors (Lipinski definition) is 3. The number of fused-ring (bicyclic) bond motifs is 1. The van der Waals surface area contributed by atoms with Crippen LogP contribution >= 0.6 is 0 Å². The molecule has 0 saturated heterocycles. The zero-order valence-corrected chi connectivity index (χ0v) is 17.6. The number of para-hydroxylation sites is 1.